The molecule has 0 radical (unpaired) electrons. The second-order valence-electron chi connectivity index (χ2n) is 5.92. The molecule has 0 atom stereocenters. The topological polar surface area (TPSA) is 58.6 Å². The molecular weight excluding hydrogens is 297 g/mol. The molecule has 122 valence electrons. The lowest BCUT2D eigenvalue weighted by atomic mass is 10.0. The van der Waals surface area contributed by atoms with Gasteiger partial charge >= 0.3 is 0 Å². The van der Waals surface area contributed by atoms with Crippen LogP contribution in [0.1, 0.15) is 24.2 Å². The number of aliphatic hydroxyl groups excluding tert-OH is 1. The first-order valence-corrected chi connectivity index (χ1v) is 7.23. The molecule has 4 nitrogen and oxygen atoms in total. The Bertz CT molecular complexity index is 696. The summed E-state index contributed by atoms with van der Waals surface area (Å²) < 4.78 is 19.4. The molecular formula is C18H20FNO3. The minimum atomic E-state index is -0.807. The summed E-state index contributed by atoms with van der Waals surface area (Å²) in [6, 6.07) is 11.7. The second kappa shape index (κ2) is 6.79. The Kier molecular flexibility index (Phi) is 5.01. The zero-order valence-corrected chi connectivity index (χ0v) is 13.4. The molecule has 0 fully saturated rings. The maximum atomic E-state index is 14.3. The predicted octanol–water partition coefficient (Wildman–Crippen LogP) is 3.00. The molecule has 0 aliphatic rings. The molecule has 5 heteroatoms. The normalized spacial score (nSPS) is 11.2. The van der Waals surface area contributed by atoms with Crippen molar-refractivity contribution < 1.29 is 19.0 Å². The van der Waals surface area contributed by atoms with Crippen molar-refractivity contribution >= 4 is 5.91 Å². The lowest BCUT2D eigenvalue weighted by molar-refractivity contribution is 0.0865. The molecule has 1 amide bonds. The number of benzene rings is 2. The summed E-state index contributed by atoms with van der Waals surface area (Å²) in [7, 11) is 1.58. The molecule has 0 aliphatic heterocycles. The molecule has 2 N–H and O–H groups in total. The number of rotatable bonds is 5. The molecule has 2 aromatic carbocycles. The van der Waals surface area contributed by atoms with E-state index in [2.05, 4.69) is 5.32 Å². The van der Waals surface area contributed by atoms with Gasteiger partial charge in [-0.05, 0) is 49.2 Å². The molecule has 0 saturated carbocycles. The Balaban J connectivity index is 2.25. The van der Waals surface area contributed by atoms with Crippen LogP contribution in [0.2, 0.25) is 0 Å². The Morgan fingerprint density at radius 1 is 1.17 bits per heavy atom. The van der Waals surface area contributed by atoms with Crippen molar-refractivity contribution in [3.63, 3.8) is 0 Å². The van der Waals surface area contributed by atoms with Gasteiger partial charge in [-0.25, -0.2) is 4.39 Å². The first-order chi connectivity index (χ1) is 10.9. The quantitative estimate of drug-likeness (QED) is 0.891. The van der Waals surface area contributed by atoms with E-state index >= 15 is 0 Å². The van der Waals surface area contributed by atoms with Gasteiger partial charge < -0.3 is 15.2 Å². The fourth-order valence-electron chi connectivity index (χ4n) is 2.08. The highest BCUT2D eigenvalue weighted by Gasteiger charge is 2.22. The van der Waals surface area contributed by atoms with Crippen LogP contribution in [0.25, 0.3) is 11.1 Å². The standard InChI is InChI=1S/C18H20FNO3/c1-18(2,11-21)20-17(22)15-9-6-13(10-16(15)19)12-4-7-14(23-3)8-5-12/h4-10,21H,11H2,1-3H3,(H,20,22). The van der Waals surface area contributed by atoms with Gasteiger partial charge in [-0.15, -0.1) is 0 Å². The molecule has 0 aromatic heterocycles. The number of carbonyl (C=O) groups excluding carboxylic acids is 1. The smallest absolute Gasteiger partial charge is 0.254 e. The van der Waals surface area contributed by atoms with Crippen LogP contribution in [-0.4, -0.2) is 30.3 Å². The number of hydrogen-bond acceptors (Lipinski definition) is 3. The van der Waals surface area contributed by atoms with Gasteiger partial charge in [0, 0.05) is 0 Å². The van der Waals surface area contributed by atoms with Crippen molar-refractivity contribution in [1.82, 2.24) is 5.32 Å². The lowest BCUT2D eigenvalue weighted by Crippen LogP contribution is -2.46. The summed E-state index contributed by atoms with van der Waals surface area (Å²) in [6.07, 6.45) is 0. The van der Waals surface area contributed by atoms with Crippen molar-refractivity contribution in [3.8, 4) is 16.9 Å². The van der Waals surface area contributed by atoms with Crippen LogP contribution in [0.5, 0.6) is 5.75 Å². The monoisotopic (exact) mass is 317 g/mol. The SMILES string of the molecule is COc1ccc(-c2ccc(C(=O)NC(C)(C)CO)c(F)c2)cc1. The number of ether oxygens (including phenoxy) is 1. The Morgan fingerprint density at radius 2 is 1.78 bits per heavy atom. The minimum Gasteiger partial charge on any atom is -0.497 e. The number of aliphatic hydroxyl groups is 1. The molecule has 23 heavy (non-hydrogen) atoms. The number of carbonyl (C=O) groups is 1. The van der Waals surface area contributed by atoms with E-state index in [-0.39, 0.29) is 12.2 Å². The summed E-state index contributed by atoms with van der Waals surface area (Å²) in [5.74, 6) is -0.441. The number of nitrogens with one attached hydrogen (secondary N) is 1. The summed E-state index contributed by atoms with van der Waals surface area (Å²) in [5.41, 5.74) is 0.636. The van der Waals surface area contributed by atoms with Crippen LogP contribution < -0.4 is 10.1 Å². The third-order valence-corrected chi connectivity index (χ3v) is 3.48. The lowest BCUT2D eigenvalue weighted by Gasteiger charge is -2.23. The van der Waals surface area contributed by atoms with E-state index in [1.165, 1.54) is 12.1 Å². The largest absolute Gasteiger partial charge is 0.497 e. The number of amides is 1. The van der Waals surface area contributed by atoms with E-state index in [1.807, 2.05) is 12.1 Å². The maximum Gasteiger partial charge on any atom is 0.254 e. The first-order valence-electron chi connectivity index (χ1n) is 7.23. The van der Waals surface area contributed by atoms with Gasteiger partial charge in [0.2, 0.25) is 0 Å². The second-order valence-corrected chi connectivity index (χ2v) is 5.92. The van der Waals surface area contributed by atoms with Crippen LogP contribution in [0.4, 0.5) is 4.39 Å². The van der Waals surface area contributed by atoms with Gasteiger partial charge in [0.25, 0.3) is 5.91 Å². The third kappa shape index (κ3) is 4.07. The number of methoxy groups -OCH3 is 1. The van der Waals surface area contributed by atoms with Crippen LogP contribution in [-0.2, 0) is 0 Å². The summed E-state index contributed by atoms with van der Waals surface area (Å²) in [5, 5.41) is 11.8. The van der Waals surface area contributed by atoms with Crippen molar-refractivity contribution in [2.24, 2.45) is 0 Å². The number of halogens is 1. The number of hydrogen-bond donors (Lipinski definition) is 2. The Morgan fingerprint density at radius 3 is 2.30 bits per heavy atom. The van der Waals surface area contributed by atoms with Crippen LogP contribution in [0.3, 0.4) is 0 Å². The molecule has 0 unspecified atom stereocenters. The minimum absolute atomic E-state index is 0.0520. The van der Waals surface area contributed by atoms with E-state index in [9.17, 15) is 14.3 Å². The van der Waals surface area contributed by atoms with Crippen LogP contribution in [0.15, 0.2) is 42.5 Å². The summed E-state index contributed by atoms with van der Waals surface area (Å²) in [6.45, 7) is 3.09. The third-order valence-electron chi connectivity index (χ3n) is 3.48. The fraction of sp³-hybridized carbons (Fsp3) is 0.278. The molecule has 0 saturated heterocycles. The molecule has 0 spiro atoms. The van der Waals surface area contributed by atoms with E-state index < -0.39 is 17.3 Å². The summed E-state index contributed by atoms with van der Waals surface area (Å²) >= 11 is 0. The maximum absolute atomic E-state index is 14.3. The van der Waals surface area contributed by atoms with Gasteiger partial charge in [-0.1, -0.05) is 18.2 Å². The zero-order chi connectivity index (χ0) is 17.0. The van der Waals surface area contributed by atoms with Crippen LogP contribution in [0, 0.1) is 5.82 Å². The molecule has 0 bridgehead atoms. The first kappa shape index (κ1) is 17.0. The highest BCUT2D eigenvalue weighted by molar-refractivity contribution is 5.95. The fourth-order valence-corrected chi connectivity index (χ4v) is 2.08. The van der Waals surface area contributed by atoms with E-state index in [1.54, 1.807) is 39.2 Å². The van der Waals surface area contributed by atoms with Gasteiger partial charge in [0.05, 0.1) is 24.8 Å². The summed E-state index contributed by atoms with van der Waals surface area (Å²) in [4.78, 5) is 12.1. The Labute approximate surface area is 134 Å². The average Bonchev–Trinajstić information content (AvgIpc) is 2.54. The highest BCUT2D eigenvalue weighted by Crippen LogP contribution is 2.24. The van der Waals surface area contributed by atoms with Gasteiger partial charge in [-0.2, -0.15) is 0 Å². The highest BCUT2D eigenvalue weighted by atomic mass is 19.1. The van der Waals surface area contributed by atoms with Crippen LogP contribution >= 0.6 is 0 Å². The molecule has 0 aliphatic carbocycles. The van der Waals surface area contributed by atoms with E-state index in [0.717, 1.165) is 11.3 Å². The predicted molar refractivity (Wildman–Crippen MR) is 87.0 cm³/mol. The van der Waals surface area contributed by atoms with Gasteiger partial charge in [0.15, 0.2) is 0 Å². The van der Waals surface area contributed by atoms with Gasteiger partial charge in [0.1, 0.15) is 11.6 Å². The molecule has 0 heterocycles. The molecule has 2 aromatic rings. The van der Waals surface area contributed by atoms with Gasteiger partial charge in [-0.3, -0.25) is 4.79 Å². The Hall–Kier alpha value is -2.40. The van der Waals surface area contributed by atoms with Crippen molar-refractivity contribution in [2.45, 2.75) is 19.4 Å². The van der Waals surface area contributed by atoms with Crippen molar-refractivity contribution in [3.05, 3.63) is 53.8 Å². The van der Waals surface area contributed by atoms with E-state index in [4.69, 9.17) is 4.74 Å². The van der Waals surface area contributed by atoms with Crippen molar-refractivity contribution in [2.75, 3.05) is 13.7 Å². The zero-order valence-electron chi connectivity index (χ0n) is 13.4. The van der Waals surface area contributed by atoms with Crippen molar-refractivity contribution in [1.29, 1.82) is 0 Å². The van der Waals surface area contributed by atoms with E-state index in [0.29, 0.717) is 5.56 Å². The average molecular weight is 317 g/mol. The molecule has 2 rings (SSSR count).